The summed E-state index contributed by atoms with van der Waals surface area (Å²) in [6.45, 7) is 1.98. The van der Waals surface area contributed by atoms with Gasteiger partial charge in [-0.1, -0.05) is 182 Å². The van der Waals surface area contributed by atoms with E-state index in [1.54, 1.807) is 7.11 Å². The van der Waals surface area contributed by atoms with E-state index >= 15 is 0 Å². The van der Waals surface area contributed by atoms with Crippen LogP contribution >= 0.6 is 0 Å². The summed E-state index contributed by atoms with van der Waals surface area (Å²) in [6.07, 6.45) is -7.13. The van der Waals surface area contributed by atoms with Crippen molar-refractivity contribution in [2.75, 3.05) is 20.3 Å². The molecule has 6 aromatic carbocycles. The van der Waals surface area contributed by atoms with Gasteiger partial charge >= 0.3 is 5.97 Å². The summed E-state index contributed by atoms with van der Waals surface area (Å²) in [4.78, 5) is 0. The minimum Gasteiger partial charge on any atom is -0.374 e. The molecule has 0 aliphatic carbocycles. The predicted octanol–water partition coefficient (Wildman–Crippen LogP) is 8.97. The maximum absolute atomic E-state index is 7.31. The van der Waals surface area contributed by atoms with Crippen LogP contribution in [0.15, 0.2) is 182 Å². The highest BCUT2D eigenvalue weighted by atomic mass is 16.9. The Morgan fingerprint density at radius 1 is 0.379 bits per heavy atom. The lowest BCUT2D eigenvalue weighted by molar-refractivity contribution is -0.449. The van der Waals surface area contributed by atoms with Crippen molar-refractivity contribution in [2.24, 2.45) is 0 Å². The van der Waals surface area contributed by atoms with Gasteiger partial charge in [0.05, 0.1) is 52.9 Å². The second-order valence-electron chi connectivity index (χ2n) is 16.7. The molecule has 3 heterocycles. The van der Waals surface area contributed by atoms with E-state index in [0.29, 0.717) is 13.2 Å². The lowest BCUT2D eigenvalue weighted by atomic mass is 9.96. The van der Waals surface area contributed by atoms with Crippen LogP contribution in [-0.4, -0.2) is 81.4 Å². The van der Waals surface area contributed by atoms with Gasteiger partial charge in [-0.15, -0.1) is 0 Å². The summed E-state index contributed by atoms with van der Waals surface area (Å²) < 4.78 is 75.2. The van der Waals surface area contributed by atoms with Crippen LogP contribution in [0.1, 0.15) is 33.4 Å². The molecule has 11 heteroatoms. The van der Waals surface area contributed by atoms with Crippen LogP contribution in [0.2, 0.25) is 0 Å². The second kappa shape index (κ2) is 23.1. The smallest absolute Gasteiger partial charge is 0.315 e. The van der Waals surface area contributed by atoms with Crippen LogP contribution in [0.3, 0.4) is 0 Å². The Morgan fingerprint density at radius 2 is 0.742 bits per heavy atom. The molecule has 66 heavy (non-hydrogen) atoms. The molecule has 3 saturated heterocycles. The molecule has 0 amide bonds. The number of methoxy groups -OCH3 is 1. The summed E-state index contributed by atoms with van der Waals surface area (Å²) in [7, 11) is 1.60. The van der Waals surface area contributed by atoms with Crippen molar-refractivity contribution in [1.82, 2.24) is 0 Å². The maximum atomic E-state index is 7.31. The average Bonchev–Trinajstić information content (AvgIpc) is 3.76. The van der Waals surface area contributed by atoms with Crippen molar-refractivity contribution in [3.63, 3.8) is 0 Å². The zero-order valence-corrected chi connectivity index (χ0v) is 37.2. The van der Waals surface area contributed by atoms with E-state index in [4.69, 9.17) is 52.1 Å². The Morgan fingerprint density at radius 3 is 1.18 bits per heavy atom. The van der Waals surface area contributed by atoms with E-state index in [2.05, 4.69) is 0 Å². The zero-order valence-electron chi connectivity index (χ0n) is 37.2. The molecular formula is C55H58O11. The van der Waals surface area contributed by atoms with Gasteiger partial charge in [0.2, 0.25) is 0 Å². The number of rotatable bonds is 21. The minimum atomic E-state index is -1.88. The molecular weight excluding hydrogens is 837 g/mol. The molecule has 3 aliphatic rings. The number of ether oxygens (including phenoxy) is 11. The summed E-state index contributed by atoms with van der Waals surface area (Å²) in [6, 6.07) is 60.0. The van der Waals surface area contributed by atoms with Crippen LogP contribution < -0.4 is 0 Å². The fourth-order valence-electron chi connectivity index (χ4n) is 8.69. The number of benzene rings is 6. The van der Waals surface area contributed by atoms with Gasteiger partial charge in [-0.2, -0.15) is 0 Å². The van der Waals surface area contributed by atoms with E-state index in [9.17, 15) is 0 Å². The highest BCUT2D eigenvalue weighted by Gasteiger charge is 2.68. The topological polar surface area (TPSA) is 102 Å². The molecule has 0 bridgehead atoms. The third-order valence-corrected chi connectivity index (χ3v) is 12.0. The van der Waals surface area contributed by atoms with E-state index in [-0.39, 0.29) is 39.6 Å². The first-order chi connectivity index (χ1) is 32.6. The molecule has 3 fully saturated rings. The highest BCUT2D eigenvalue weighted by Crippen LogP contribution is 2.48. The van der Waals surface area contributed by atoms with E-state index in [1.807, 2.05) is 182 Å². The van der Waals surface area contributed by atoms with Gasteiger partial charge in [0.1, 0.15) is 42.7 Å². The van der Waals surface area contributed by atoms with Crippen LogP contribution in [0, 0.1) is 0 Å². The van der Waals surface area contributed by atoms with Crippen molar-refractivity contribution in [3.8, 4) is 0 Å². The lowest BCUT2D eigenvalue weighted by Crippen LogP contribution is -2.68. The Labute approximate surface area is 387 Å². The standard InChI is InChI=1S/C55H58O11/c1-56-54-52(61-36-44-28-16-6-17-29-44)50-49(46(63-54)38-57-32-40-20-8-2-9-21-40)65-55(66-50)53(62-37-45-30-18-7-19-31-45)51(60-35-43-26-14-5-15-27-43)48(59-34-42-24-12-4-13-25-42)47(64-55)39-58-33-41-22-10-3-11-23-41/h2-31,46-54H,32-39H2,1H3/t46-,47-,48+,49+,50+,51+,52-,53-,54+,55?/m1/s1. The Bertz CT molecular complexity index is 2290. The SMILES string of the molecule is CO[C@H]1O[C@H](COCc2ccccc2)[C@@H]2OC3(O[C@@H]2[C@H]1OCc1ccccc1)O[C@H](COCc1ccccc1)[C@H](OCc1ccccc1)[C@H](OCc1ccccc1)[C@H]3OCc1ccccc1. The van der Waals surface area contributed by atoms with E-state index in [0.717, 1.165) is 33.4 Å². The van der Waals surface area contributed by atoms with Gasteiger partial charge in [0, 0.05) is 7.11 Å². The van der Waals surface area contributed by atoms with Gasteiger partial charge in [-0.3, -0.25) is 0 Å². The van der Waals surface area contributed by atoms with Crippen molar-refractivity contribution < 1.29 is 52.1 Å². The quantitative estimate of drug-likeness (QED) is 0.0693. The second-order valence-corrected chi connectivity index (χ2v) is 16.7. The third-order valence-electron chi connectivity index (χ3n) is 12.0. The van der Waals surface area contributed by atoms with E-state index in [1.165, 1.54) is 0 Å². The monoisotopic (exact) mass is 894 g/mol. The predicted molar refractivity (Wildman–Crippen MR) is 245 cm³/mol. The largest absolute Gasteiger partial charge is 0.374 e. The normalized spacial score (nSPS) is 27.1. The molecule has 10 atom stereocenters. The molecule has 11 nitrogen and oxygen atoms in total. The zero-order chi connectivity index (χ0) is 44.8. The fourth-order valence-corrected chi connectivity index (χ4v) is 8.69. The Hall–Kier alpha value is -5.12. The van der Waals surface area contributed by atoms with Crippen molar-refractivity contribution in [2.45, 2.75) is 101 Å². The van der Waals surface area contributed by atoms with Gasteiger partial charge in [-0.25, -0.2) is 0 Å². The molecule has 1 spiro atoms. The molecule has 1 unspecified atom stereocenters. The summed E-state index contributed by atoms with van der Waals surface area (Å²) in [5.74, 6) is -1.88. The molecule has 0 aromatic heterocycles. The molecule has 9 rings (SSSR count). The Kier molecular flexibility index (Phi) is 16.1. The van der Waals surface area contributed by atoms with Crippen molar-refractivity contribution in [3.05, 3.63) is 215 Å². The molecule has 0 N–H and O–H groups in total. The first-order valence-electron chi connectivity index (χ1n) is 22.7. The number of fused-ring (bicyclic) bond motifs is 1. The lowest BCUT2D eigenvalue weighted by Gasteiger charge is -2.49. The maximum Gasteiger partial charge on any atom is 0.315 e. The highest BCUT2D eigenvalue weighted by molar-refractivity contribution is 5.18. The third kappa shape index (κ3) is 11.7. The summed E-state index contributed by atoms with van der Waals surface area (Å²) >= 11 is 0. The molecule has 0 saturated carbocycles. The van der Waals surface area contributed by atoms with Crippen LogP contribution in [0.5, 0.6) is 0 Å². The molecule has 6 aromatic rings. The first kappa shape index (κ1) is 46.0. The van der Waals surface area contributed by atoms with Crippen LogP contribution in [-0.2, 0) is 91.7 Å². The average molecular weight is 895 g/mol. The summed E-state index contributed by atoms with van der Waals surface area (Å²) in [5.41, 5.74) is 5.93. The van der Waals surface area contributed by atoms with E-state index < -0.39 is 61.1 Å². The molecule has 344 valence electrons. The van der Waals surface area contributed by atoms with Gasteiger partial charge in [-0.05, 0) is 33.4 Å². The summed E-state index contributed by atoms with van der Waals surface area (Å²) in [5, 5.41) is 0. The fraction of sp³-hybridized carbons (Fsp3) is 0.345. The van der Waals surface area contributed by atoms with Gasteiger partial charge < -0.3 is 52.1 Å². The van der Waals surface area contributed by atoms with Gasteiger partial charge in [0.15, 0.2) is 12.4 Å². The van der Waals surface area contributed by atoms with Crippen molar-refractivity contribution >= 4 is 0 Å². The Balaban J connectivity index is 1.10. The number of hydrogen-bond donors (Lipinski definition) is 0. The molecule has 0 radical (unpaired) electrons. The van der Waals surface area contributed by atoms with Crippen LogP contribution in [0.25, 0.3) is 0 Å². The van der Waals surface area contributed by atoms with Crippen LogP contribution in [0.4, 0.5) is 0 Å². The first-order valence-corrected chi connectivity index (χ1v) is 22.7. The minimum absolute atomic E-state index is 0.115. The number of hydrogen-bond acceptors (Lipinski definition) is 11. The van der Waals surface area contributed by atoms with Gasteiger partial charge in [0.25, 0.3) is 0 Å². The molecule has 3 aliphatic heterocycles. The van der Waals surface area contributed by atoms with Crippen molar-refractivity contribution in [1.29, 1.82) is 0 Å².